The molecule has 2 heterocycles. The fourth-order valence-corrected chi connectivity index (χ4v) is 7.40. The van der Waals surface area contributed by atoms with Crippen LogP contribution < -0.4 is 4.90 Å². The third kappa shape index (κ3) is 4.54. The van der Waals surface area contributed by atoms with E-state index in [0.29, 0.717) is 51.7 Å². The number of hydrogen-bond acceptors (Lipinski definition) is 6. The van der Waals surface area contributed by atoms with E-state index in [1.54, 1.807) is 42.5 Å². The van der Waals surface area contributed by atoms with Crippen molar-refractivity contribution in [2.24, 2.45) is 23.7 Å². The highest BCUT2D eigenvalue weighted by molar-refractivity contribution is 6.22. The van der Waals surface area contributed by atoms with Crippen molar-refractivity contribution in [3.63, 3.8) is 0 Å². The monoisotopic (exact) mass is 572 g/mol. The van der Waals surface area contributed by atoms with E-state index in [1.807, 2.05) is 50.2 Å². The van der Waals surface area contributed by atoms with Crippen molar-refractivity contribution in [3.8, 4) is 11.3 Å². The summed E-state index contributed by atoms with van der Waals surface area (Å²) in [5, 5.41) is 0.641. The molecule has 2 aliphatic carbocycles. The molecule has 3 aromatic carbocycles. The number of benzene rings is 3. The van der Waals surface area contributed by atoms with Crippen LogP contribution in [0, 0.1) is 30.6 Å². The van der Waals surface area contributed by atoms with E-state index in [4.69, 9.17) is 9.72 Å². The second-order valence-corrected chi connectivity index (χ2v) is 12.1. The van der Waals surface area contributed by atoms with Crippen molar-refractivity contribution >= 4 is 40.2 Å². The minimum Gasteiger partial charge on any atom is -0.450 e. The summed E-state index contributed by atoms with van der Waals surface area (Å²) >= 11 is 0. The van der Waals surface area contributed by atoms with E-state index < -0.39 is 12.1 Å². The number of aromatic nitrogens is 1. The fourth-order valence-electron chi connectivity index (χ4n) is 7.40. The highest BCUT2D eigenvalue weighted by Crippen LogP contribution is 2.56. The van der Waals surface area contributed by atoms with Crippen LogP contribution >= 0.6 is 0 Å². The summed E-state index contributed by atoms with van der Waals surface area (Å²) < 4.78 is 5.81. The molecule has 216 valence electrons. The number of anilines is 1. The maximum atomic E-state index is 13.6. The number of hydrogen-bond donors (Lipinski definition) is 0. The van der Waals surface area contributed by atoms with Crippen LogP contribution in [-0.2, 0) is 14.3 Å². The zero-order valence-electron chi connectivity index (χ0n) is 24.2. The number of imide groups is 1. The summed E-state index contributed by atoms with van der Waals surface area (Å²) in [6.45, 7) is 3.75. The maximum absolute atomic E-state index is 13.6. The smallest absolute Gasteiger partial charge is 0.339 e. The van der Waals surface area contributed by atoms with E-state index in [9.17, 15) is 19.2 Å². The van der Waals surface area contributed by atoms with Gasteiger partial charge in [-0.3, -0.25) is 19.3 Å². The predicted octanol–water partition coefficient (Wildman–Crippen LogP) is 6.56. The Bertz CT molecular complexity index is 1750. The first kappa shape index (κ1) is 27.2. The Labute approximate surface area is 249 Å². The molecule has 7 nitrogen and oxygen atoms in total. The van der Waals surface area contributed by atoms with Crippen LogP contribution in [0.15, 0.2) is 78.9 Å². The lowest BCUT2D eigenvalue weighted by molar-refractivity contribution is -0.123. The lowest BCUT2D eigenvalue weighted by Gasteiger charge is -2.19. The van der Waals surface area contributed by atoms with Crippen molar-refractivity contribution < 1.29 is 23.9 Å². The van der Waals surface area contributed by atoms with Gasteiger partial charge in [0.15, 0.2) is 6.10 Å². The predicted molar refractivity (Wildman–Crippen MR) is 162 cm³/mol. The largest absolute Gasteiger partial charge is 0.450 e. The zero-order chi connectivity index (χ0) is 29.8. The molecule has 3 aliphatic rings. The van der Waals surface area contributed by atoms with Crippen LogP contribution in [0.1, 0.15) is 58.9 Å². The van der Waals surface area contributed by atoms with Crippen molar-refractivity contribution in [1.29, 1.82) is 0 Å². The Kier molecular flexibility index (Phi) is 6.68. The van der Waals surface area contributed by atoms with Gasteiger partial charge in [-0.25, -0.2) is 9.78 Å². The standard InChI is InChI=1S/C36H32N2O5/c1-3-30(33(39)22-7-5-4-6-8-22)43-36(42)27-19-29(37-28-16-9-20(2)17-26(27)28)21-12-14-25(15-13-21)38-34(40)31-23-10-11-24(18-23)32(31)35(38)41/h4-9,12-17,19,23-24,30-32H,3,10-11,18H2,1-2H3/t23-,24-,30+,31-,32+/m0/s1. The molecular weight excluding hydrogens is 540 g/mol. The van der Waals surface area contributed by atoms with Crippen LogP contribution in [0.25, 0.3) is 22.2 Å². The SMILES string of the molecule is CC[C@@H](OC(=O)c1cc(-c2ccc(N3C(=O)[C@@H]4[C@H]5CC[C@@H](C5)[C@@H]4C3=O)cc2)nc2ccc(C)cc12)C(=O)c1ccccc1. The summed E-state index contributed by atoms with van der Waals surface area (Å²) in [6, 6.07) is 23.4. The van der Waals surface area contributed by atoms with Crippen LogP contribution in [-0.4, -0.2) is 34.7 Å². The summed E-state index contributed by atoms with van der Waals surface area (Å²) in [6.07, 6.45) is 2.49. The van der Waals surface area contributed by atoms with Gasteiger partial charge in [0.2, 0.25) is 17.6 Å². The number of carbonyl (C=O) groups is 4. The number of pyridine rings is 1. The lowest BCUT2D eigenvalue weighted by atomic mass is 9.81. The van der Waals surface area contributed by atoms with Gasteiger partial charge < -0.3 is 4.74 Å². The van der Waals surface area contributed by atoms with Crippen molar-refractivity contribution in [2.45, 2.75) is 45.6 Å². The Hall–Kier alpha value is -4.65. The molecule has 43 heavy (non-hydrogen) atoms. The highest BCUT2D eigenvalue weighted by Gasteiger charge is 2.61. The number of amides is 2. The third-order valence-corrected chi connectivity index (χ3v) is 9.50. The first-order valence-corrected chi connectivity index (χ1v) is 15.0. The quantitative estimate of drug-likeness (QED) is 0.141. The van der Waals surface area contributed by atoms with Gasteiger partial charge >= 0.3 is 5.97 Å². The van der Waals surface area contributed by atoms with Gasteiger partial charge in [0.1, 0.15) is 0 Å². The minimum atomic E-state index is -0.920. The second kappa shape index (κ2) is 10.6. The summed E-state index contributed by atoms with van der Waals surface area (Å²) in [5.74, 6) is -0.684. The van der Waals surface area contributed by atoms with Crippen molar-refractivity contribution in [3.05, 3.63) is 95.6 Å². The molecule has 2 saturated carbocycles. The number of ether oxygens (including phenoxy) is 1. The van der Waals surface area contributed by atoms with Gasteiger partial charge in [0.25, 0.3) is 0 Å². The lowest BCUT2D eigenvalue weighted by Crippen LogP contribution is -2.32. The van der Waals surface area contributed by atoms with E-state index in [-0.39, 0.29) is 29.4 Å². The molecule has 7 heteroatoms. The molecule has 0 unspecified atom stereocenters. The van der Waals surface area contributed by atoms with Crippen molar-refractivity contribution in [1.82, 2.24) is 4.98 Å². The maximum Gasteiger partial charge on any atom is 0.339 e. The van der Waals surface area contributed by atoms with Gasteiger partial charge in [0, 0.05) is 16.5 Å². The molecule has 0 radical (unpaired) electrons. The Morgan fingerprint density at radius 2 is 1.58 bits per heavy atom. The average molecular weight is 573 g/mol. The molecule has 0 spiro atoms. The molecule has 1 aliphatic heterocycles. The number of nitrogens with zero attached hydrogens (tertiary/aromatic N) is 2. The molecule has 4 aromatic rings. The van der Waals surface area contributed by atoms with Crippen LogP contribution in [0.4, 0.5) is 5.69 Å². The minimum absolute atomic E-state index is 0.0743. The highest BCUT2D eigenvalue weighted by atomic mass is 16.5. The van der Waals surface area contributed by atoms with Gasteiger partial charge in [-0.1, -0.05) is 61.0 Å². The molecule has 0 N–H and O–H groups in total. The van der Waals surface area contributed by atoms with E-state index in [2.05, 4.69) is 0 Å². The van der Waals surface area contributed by atoms with Crippen LogP contribution in [0.5, 0.6) is 0 Å². The molecular formula is C36H32N2O5. The summed E-state index contributed by atoms with van der Waals surface area (Å²) in [7, 11) is 0. The second-order valence-electron chi connectivity index (χ2n) is 12.1. The number of Topliss-reactive ketones (excluding diaryl/α,β-unsaturated/α-hetero) is 1. The van der Waals surface area contributed by atoms with Gasteiger partial charge in [-0.05, 0) is 74.8 Å². The number of fused-ring (bicyclic) bond motifs is 6. The van der Waals surface area contributed by atoms with Gasteiger partial charge in [-0.15, -0.1) is 0 Å². The first-order valence-electron chi connectivity index (χ1n) is 15.0. The molecule has 3 fully saturated rings. The Morgan fingerprint density at radius 3 is 2.23 bits per heavy atom. The number of rotatable bonds is 7. The molecule has 5 atom stereocenters. The van der Waals surface area contributed by atoms with Crippen molar-refractivity contribution in [2.75, 3.05) is 4.90 Å². The van der Waals surface area contributed by atoms with E-state index in [0.717, 1.165) is 30.4 Å². The Morgan fingerprint density at radius 1 is 0.907 bits per heavy atom. The molecule has 7 rings (SSSR count). The number of carbonyl (C=O) groups excluding carboxylic acids is 4. The first-order chi connectivity index (χ1) is 20.8. The van der Waals surface area contributed by atoms with E-state index >= 15 is 0 Å². The van der Waals surface area contributed by atoms with Gasteiger partial charge in [-0.2, -0.15) is 0 Å². The fraction of sp³-hybridized carbons (Fsp3) is 0.306. The summed E-state index contributed by atoms with van der Waals surface area (Å²) in [4.78, 5) is 59.5. The van der Waals surface area contributed by atoms with Gasteiger partial charge in [0.05, 0.1) is 34.3 Å². The van der Waals surface area contributed by atoms with E-state index in [1.165, 1.54) is 4.90 Å². The zero-order valence-corrected chi connectivity index (χ0v) is 24.2. The molecule has 2 bridgehead atoms. The average Bonchev–Trinajstić information content (AvgIpc) is 3.72. The van der Waals surface area contributed by atoms with Crippen LogP contribution in [0.3, 0.4) is 0 Å². The van der Waals surface area contributed by atoms with Crippen LogP contribution in [0.2, 0.25) is 0 Å². The molecule has 2 amide bonds. The third-order valence-electron chi connectivity index (χ3n) is 9.50. The molecule has 1 saturated heterocycles. The Balaban J connectivity index is 1.19. The number of esters is 1. The number of ketones is 1. The normalized spacial score (nSPS) is 23.1. The summed E-state index contributed by atoms with van der Waals surface area (Å²) in [5.41, 5.74) is 4.23. The molecule has 1 aromatic heterocycles. The topological polar surface area (TPSA) is 93.6 Å². The number of aryl methyl sites for hydroxylation is 1.